The van der Waals surface area contributed by atoms with Gasteiger partial charge in [-0.1, -0.05) is 36.4 Å². The fraction of sp³-hybridized carbons (Fsp3) is 0.133. The Hall–Kier alpha value is -2.27. The number of aliphatic imine (C=N–C) groups is 1. The van der Waals surface area contributed by atoms with Crippen LogP contribution in [0.25, 0.3) is 0 Å². The predicted molar refractivity (Wildman–Crippen MR) is 69.6 cm³/mol. The van der Waals surface area contributed by atoms with E-state index in [2.05, 4.69) is 34.6 Å². The molecule has 82 valence electrons. The Morgan fingerprint density at radius 2 is 2.06 bits per heavy atom. The molecule has 0 aliphatic carbocycles. The lowest BCUT2D eigenvalue weighted by Crippen LogP contribution is -2.04. The zero-order valence-electron chi connectivity index (χ0n) is 9.40. The van der Waals surface area contributed by atoms with Crippen LogP contribution >= 0.6 is 0 Å². The van der Waals surface area contributed by atoms with E-state index in [0.29, 0.717) is 0 Å². The number of hydrogen-bond acceptors (Lipinski definition) is 2. The number of fused-ring (bicyclic) bond motifs is 1. The van der Waals surface area contributed by atoms with E-state index in [1.165, 1.54) is 0 Å². The first-order valence-electron chi connectivity index (χ1n) is 5.71. The Balaban J connectivity index is 2.14. The molecule has 0 bridgehead atoms. The van der Waals surface area contributed by atoms with Gasteiger partial charge in [0, 0.05) is 17.8 Å². The maximum Gasteiger partial charge on any atom is 0.0824 e. The summed E-state index contributed by atoms with van der Waals surface area (Å²) in [7, 11) is 0. The molecule has 2 nitrogen and oxygen atoms in total. The lowest BCUT2D eigenvalue weighted by atomic mass is 10.0. The maximum atomic E-state index is 4.64. The van der Waals surface area contributed by atoms with Crippen LogP contribution in [0.5, 0.6) is 0 Å². The van der Waals surface area contributed by atoms with Gasteiger partial charge < -0.3 is 5.32 Å². The largest absolute Gasteiger partial charge is 0.383 e. The highest BCUT2D eigenvalue weighted by atomic mass is 14.9. The topological polar surface area (TPSA) is 24.4 Å². The molecule has 1 N–H and O–H groups in total. The molecule has 0 radical (unpaired) electrons. The van der Waals surface area contributed by atoms with E-state index in [1.54, 1.807) is 0 Å². The van der Waals surface area contributed by atoms with Crippen molar-refractivity contribution >= 4 is 11.4 Å². The molecule has 0 saturated carbocycles. The standard InChI is InChI=1S/C15H12N2/c1-2-6-12(7-3-1)15-13-8-4-5-9-14(13)16-10-11-17-15/h1-2,4-6,8-9,16H,10-11H2. The first-order valence-corrected chi connectivity index (χ1v) is 5.71. The first-order chi connectivity index (χ1) is 8.45. The van der Waals surface area contributed by atoms with Crippen LogP contribution in [0, 0.1) is 12.1 Å². The molecule has 0 atom stereocenters. The third kappa shape index (κ3) is 1.88. The van der Waals surface area contributed by atoms with Crippen LogP contribution in [-0.2, 0) is 0 Å². The normalized spacial score (nSPS) is 13.8. The van der Waals surface area contributed by atoms with Gasteiger partial charge in [-0.25, -0.2) is 0 Å². The molecule has 2 aromatic carbocycles. The molecule has 1 heterocycles. The Morgan fingerprint density at radius 1 is 1.12 bits per heavy atom. The molecule has 0 spiro atoms. The summed E-state index contributed by atoms with van der Waals surface area (Å²) in [5.41, 5.74) is 4.29. The molecule has 2 aromatic rings. The summed E-state index contributed by atoms with van der Waals surface area (Å²) in [6.45, 7) is 1.66. The number of nitrogens with one attached hydrogen (secondary N) is 1. The number of para-hydroxylation sites is 1. The Kier molecular flexibility index (Phi) is 2.51. The fourth-order valence-electron chi connectivity index (χ4n) is 2.01. The summed E-state index contributed by atoms with van der Waals surface area (Å²) < 4.78 is 0. The van der Waals surface area contributed by atoms with Crippen molar-refractivity contribution in [2.24, 2.45) is 4.99 Å². The summed E-state index contributed by atoms with van der Waals surface area (Å²) in [5.74, 6) is 0. The molecule has 2 heteroatoms. The van der Waals surface area contributed by atoms with Crippen molar-refractivity contribution in [2.45, 2.75) is 0 Å². The van der Waals surface area contributed by atoms with E-state index in [1.807, 2.05) is 30.3 Å². The van der Waals surface area contributed by atoms with Gasteiger partial charge in [0.1, 0.15) is 0 Å². The third-order valence-electron chi connectivity index (χ3n) is 2.78. The van der Waals surface area contributed by atoms with Gasteiger partial charge in [-0.15, -0.1) is 0 Å². The molecule has 0 saturated heterocycles. The van der Waals surface area contributed by atoms with Crippen molar-refractivity contribution in [1.82, 2.24) is 0 Å². The van der Waals surface area contributed by atoms with Crippen molar-refractivity contribution < 1.29 is 0 Å². The molecule has 17 heavy (non-hydrogen) atoms. The first kappa shape index (κ1) is 9.92. The lowest BCUT2D eigenvalue weighted by Gasteiger charge is -2.08. The molecular formula is C15H12N2. The Bertz CT molecular complexity index is 544. The van der Waals surface area contributed by atoms with Crippen LogP contribution in [0.1, 0.15) is 11.1 Å². The second kappa shape index (κ2) is 4.31. The second-order valence-electron chi connectivity index (χ2n) is 3.91. The molecule has 1 aliphatic rings. The van der Waals surface area contributed by atoms with Gasteiger partial charge in [0.2, 0.25) is 0 Å². The highest BCUT2D eigenvalue weighted by molar-refractivity contribution is 6.15. The zero-order valence-corrected chi connectivity index (χ0v) is 9.40. The van der Waals surface area contributed by atoms with Crippen LogP contribution in [0.2, 0.25) is 0 Å². The Labute approximate surface area is 101 Å². The fourth-order valence-corrected chi connectivity index (χ4v) is 2.01. The monoisotopic (exact) mass is 220 g/mol. The van der Waals surface area contributed by atoms with Gasteiger partial charge in [-0.3, -0.25) is 4.99 Å². The van der Waals surface area contributed by atoms with E-state index >= 15 is 0 Å². The predicted octanol–water partition coefficient (Wildman–Crippen LogP) is 2.55. The minimum atomic E-state index is 0.784. The highest BCUT2D eigenvalue weighted by Crippen LogP contribution is 2.20. The number of nitrogens with zero attached hydrogens (tertiary/aromatic N) is 1. The van der Waals surface area contributed by atoms with Gasteiger partial charge in [0.05, 0.1) is 17.8 Å². The smallest absolute Gasteiger partial charge is 0.0824 e. The molecular weight excluding hydrogens is 208 g/mol. The summed E-state index contributed by atoms with van der Waals surface area (Å²) in [4.78, 5) is 4.64. The van der Waals surface area contributed by atoms with Crippen molar-refractivity contribution in [2.75, 3.05) is 18.4 Å². The number of rotatable bonds is 1. The average Bonchev–Trinajstić information content (AvgIpc) is 2.62. The van der Waals surface area contributed by atoms with Crippen molar-refractivity contribution in [1.29, 1.82) is 0 Å². The van der Waals surface area contributed by atoms with E-state index < -0.39 is 0 Å². The number of benzodiazepines with no additional fused rings is 1. The summed E-state index contributed by atoms with van der Waals surface area (Å²) in [5, 5.41) is 3.39. The molecule has 1 aliphatic heterocycles. The summed E-state index contributed by atoms with van der Waals surface area (Å²) >= 11 is 0. The summed E-state index contributed by atoms with van der Waals surface area (Å²) in [6, 6.07) is 20.2. The van der Waals surface area contributed by atoms with Gasteiger partial charge in [-0.05, 0) is 18.2 Å². The summed E-state index contributed by atoms with van der Waals surface area (Å²) in [6.07, 6.45) is 0. The molecule has 3 rings (SSSR count). The van der Waals surface area contributed by atoms with Gasteiger partial charge in [0.15, 0.2) is 0 Å². The zero-order chi connectivity index (χ0) is 11.5. The molecule has 0 amide bonds. The van der Waals surface area contributed by atoms with E-state index in [-0.39, 0.29) is 0 Å². The van der Waals surface area contributed by atoms with Crippen molar-refractivity contribution in [3.05, 3.63) is 65.7 Å². The van der Waals surface area contributed by atoms with Crippen LogP contribution in [0.15, 0.2) is 47.5 Å². The maximum absolute atomic E-state index is 4.64. The molecule has 0 aromatic heterocycles. The minimum Gasteiger partial charge on any atom is -0.383 e. The molecule has 0 fully saturated rings. The third-order valence-corrected chi connectivity index (χ3v) is 2.78. The molecule has 0 unspecified atom stereocenters. The van der Waals surface area contributed by atoms with Crippen molar-refractivity contribution in [3.63, 3.8) is 0 Å². The van der Waals surface area contributed by atoms with Crippen LogP contribution in [-0.4, -0.2) is 18.8 Å². The quantitative estimate of drug-likeness (QED) is 0.784. The van der Waals surface area contributed by atoms with E-state index in [0.717, 1.165) is 35.6 Å². The Morgan fingerprint density at radius 3 is 2.94 bits per heavy atom. The van der Waals surface area contributed by atoms with Crippen LogP contribution in [0.3, 0.4) is 0 Å². The minimum absolute atomic E-state index is 0.784. The second-order valence-corrected chi connectivity index (χ2v) is 3.91. The van der Waals surface area contributed by atoms with E-state index in [4.69, 9.17) is 0 Å². The SMILES string of the molecule is c1cccc(C2=NCCNc3ccccc32)c#1. The highest BCUT2D eigenvalue weighted by Gasteiger charge is 2.13. The van der Waals surface area contributed by atoms with Crippen LogP contribution in [0.4, 0.5) is 5.69 Å². The number of hydrogen-bond donors (Lipinski definition) is 1. The van der Waals surface area contributed by atoms with Gasteiger partial charge in [0.25, 0.3) is 0 Å². The van der Waals surface area contributed by atoms with Gasteiger partial charge in [-0.2, -0.15) is 0 Å². The average molecular weight is 220 g/mol. The number of benzene rings is 1. The lowest BCUT2D eigenvalue weighted by molar-refractivity contribution is 1.04. The number of anilines is 1. The van der Waals surface area contributed by atoms with Gasteiger partial charge >= 0.3 is 0 Å². The van der Waals surface area contributed by atoms with Crippen molar-refractivity contribution in [3.8, 4) is 0 Å². The van der Waals surface area contributed by atoms with Crippen LogP contribution < -0.4 is 5.32 Å². The van der Waals surface area contributed by atoms with E-state index in [9.17, 15) is 0 Å².